The first kappa shape index (κ1) is 31.2. The largest absolute Gasteiger partial charge is 0.345 e. The van der Waals surface area contributed by atoms with Crippen LogP contribution < -0.4 is 21.7 Å². The molecule has 0 saturated heterocycles. The number of aldehydes is 1. The van der Waals surface area contributed by atoms with Crippen LogP contribution in [0.3, 0.4) is 0 Å². The van der Waals surface area contributed by atoms with Crippen molar-refractivity contribution < 1.29 is 28.8 Å². The Kier molecular flexibility index (Phi) is 15.4. The number of carbonyl (C=O) groups excluding carboxylic acids is 6. The molecule has 0 spiro atoms. The van der Waals surface area contributed by atoms with Gasteiger partial charge in [-0.1, -0.05) is 27.7 Å². The molecule has 0 fully saturated rings. The molecular weight excluding hydrogens is 442 g/mol. The van der Waals surface area contributed by atoms with Gasteiger partial charge >= 0.3 is 0 Å². The summed E-state index contributed by atoms with van der Waals surface area (Å²) in [5, 5.41) is 7.60. The Bertz CT molecular complexity index is 712. The van der Waals surface area contributed by atoms with E-state index in [2.05, 4.69) is 16.0 Å². The minimum Gasteiger partial charge on any atom is -0.345 e. The van der Waals surface area contributed by atoms with E-state index >= 15 is 0 Å². The van der Waals surface area contributed by atoms with Crippen LogP contribution >= 0.6 is 0 Å². The van der Waals surface area contributed by atoms with Crippen molar-refractivity contribution >= 4 is 35.7 Å². The Hall–Kier alpha value is -2.82. The molecule has 11 nitrogen and oxygen atoms in total. The van der Waals surface area contributed by atoms with Crippen molar-refractivity contribution in [3.05, 3.63) is 0 Å². The lowest BCUT2D eigenvalue weighted by Crippen LogP contribution is -2.56. The minimum absolute atomic E-state index is 0.145. The third-order valence-corrected chi connectivity index (χ3v) is 5.32. The van der Waals surface area contributed by atoms with Crippen LogP contribution in [-0.2, 0) is 28.8 Å². The van der Waals surface area contributed by atoms with E-state index < -0.39 is 42.4 Å². The van der Waals surface area contributed by atoms with Gasteiger partial charge < -0.3 is 31.4 Å². The van der Waals surface area contributed by atoms with E-state index in [0.717, 1.165) is 0 Å². The van der Waals surface area contributed by atoms with E-state index in [-0.39, 0.29) is 43.3 Å². The molecule has 0 aliphatic rings. The molecular formula is C23H41N5O6. The molecule has 0 saturated carbocycles. The number of hydrogen-bond acceptors (Lipinski definition) is 7. The monoisotopic (exact) mass is 483 g/mol. The van der Waals surface area contributed by atoms with Crippen LogP contribution in [0.2, 0.25) is 0 Å². The molecule has 34 heavy (non-hydrogen) atoms. The second kappa shape index (κ2) is 16.7. The topological polar surface area (TPSA) is 168 Å². The number of ketones is 1. The van der Waals surface area contributed by atoms with Gasteiger partial charge in [0.25, 0.3) is 0 Å². The van der Waals surface area contributed by atoms with Crippen LogP contribution in [0.25, 0.3) is 0 Å². The molecule has 11 heteroatoms. The maximum atomic E-state index is 13.0. The Morgan fingerprint density at radius 1 is 1.00 bits per heavy atom. The molecule has 0 radical (unpaired) electrons. The Morgan fingerprint density at radius 2 is 1.65 bits per heavy atom. The fraction of sp³-hybridized carbons (Fsp3) is 0.739. The first-order valence-corrected chi connectivity index (χ1v) is 11.8. The van der Waals surface area contributed by atoms with Gasteiger partial charge in [0.1, 0.15) is 18.4 Å². The third kappa shape index (κ3) is 10.9. The molecule has 0 heterocycles. The number of nitrogens with two attached hydrogens (primary N) is 1. The van der Waals surface area contributed by atoms with Crippen molar-refractivity contribution in [2.45, 2.75) is 84.3 Å². The highest BCUT2D eigenvalue weighted by atomic mass is 16.2. The second-order valence-electron chi connectivity index (χ2n) is 8.50. The molecule has 4 amide bonds. The average molecular weight is 484 g/mol. The highest BCUT2D eigenvalue weighted by molar-refractivity contribution is 5.95. The summed E-state index contributed by atoms with van der Waals surface area (Å²) >= 11 is 0. The highest BCUT2D eigenvalue weighted by Gasteiger charge is 2.32. The fourth-order valence-corrected chi connectivity index (χ4v) is 3.50. The molecule has 0 aromatic carbocycles. The zero-order valence-corrected chi connectivity index (χ0v) is 21.0. The summed E-state index contributed by atoms with van der Waals surface area (Å²) in [6.07, 6.45) is 2.16. The predicted molar refractivity (Wildman–Crippen MR) is 127 cm³/mol. The molecule has 5 N–H and O–H groups in total. The van der Waals surface area contributed by atoms with Crippen molar-refractivity contribution in [1.82, 2.24) is 20.9 Å². The number of hydrogen-bond donors (Lipinski definition) is 4. The lowest BCUT2D eigenvalue weighted by molar-refractivity contribution is -0.141. The maximum Gasteiger partial charge on any atom is 0.243 e. The second-order valence-corrected chi connectivity index (χ2v) is 8.50. The average Bonchev–Trinajstić information content (AvgIpc) is 2.79. The molecule has 0 aromatic heterocycles. The number of rotatable bonds is 17. The van der Waals surface area contributed by atoms with Gasteiger partial charge in [-0.3, -0.25) is 24.0 Å². The molecule has 0 aliphatic heterocycles. The van der Waals surface area contributed by atoms with E-state index in [4.69, 9.17) is 5.73 Å². The summed E-state index contributed by atoms with van der Waals surface area (Å²) in [5.74, 6) is -2.33. The molecule has 0 aliphatic carbocycles. The Labute approximate surface area is 201 Å². The minimum atomic E-state index is -0.956. The summed E-state index contributed by atoms with van der Waals surface area (Å²) in [6.45, 7) is 7.00. The van der Waals surface area contributed by atoms with Crippen LogP contribution in [0.5, 0.6) is 0 Å². The molecule has 3 atom stereocenters. The number of Topliss-reactive ketones (excluding diaryl/α,β-unsaturated/α-hetero) is 1. The van der Waals surface area contributed by atoms with Gasteiger partial charge in [0, 0.05) is 26.3 Å². The number of nitrogens with one attached hydrogen (secondary N) is 3. The molecule has 0 aromatic rings. The van der Waals surface area contributed by atoms with Gasteiger partial charge in [-0.05, 0) is 31.7 Å². The normalized spacial score (nSPS) is 13.4. The first-order chi connectivity index (χ1) is 16.0. The van der Waals surface area contributed by atoms with Crippen molar-refractivity contribution in [2.75, 3.05) is 20.1 Å². The lowest BCUT2D eigenvalue weighted by Gasteiger charge is -2.31. The van der Waals surface area contributed by atoms with E-state index in [1.54, 1.807) is 27.8 Å². The SMILES string of the molecule is CCCC(=O)C(CC=O)NC(=O)CNC(=O)C(CCCN)NC(=O)C(C(C)C)N(C)C(=O)CC. The van der Waals surface area contributed by atoms with Crippen molar-refractivity contribution in [1.29, 1.82) is 0 Å². The van der Waals surface area contributed by atoms with Gasteiger partial charge in [-0.25, -0.2) is 0 Å². The van der Waals surface area contributed by atoms with E-state index in [1.165, 1.54) is 4.90 Å². The van der Waals surface area contributed by atoms with Crippen molar-refractivity contribution in [2.24, 2.45) is 11.7 Å². The van der Waals surface area contributed by atoms with Gasteiger partial charge in [-0.15, -0.1) is 0 Å². The van der Waals surface area contributed by atoms with Gasteiger partial charge in [0.15, 0.2) is 5.78 Å². The quantitative estimate of drug-likeness (QED) is 0.205. The summed E-state index contributed by atoms with van der Waals surface area (Å²) < 4.78 is 0. The summed E-state index contributed by atoms with van der Waals surface area (Å²) in [4.78, 5) is 74.3. The van der Waals surface area contributed by atoms with Crippen LogP contribution in [-0.4, -0.2) is 78.9 Å². The Balaban J connectivity index is 5.22. The van der Waals surface area contributed by atoms with Gasteiger partial charge in [-0.2, -0.15) is 0 Å². The zero-order valence-electron chi connectivity index (χ0n) is 21.0. The molecule has 0 bridgehead atoms. The standard InChI is InChI=1S/C23H41N5O6/c1-6-9-18(30)16(11-13-29)26-19(31)14-25-22(33)17(10-8-12-24)27-23(34)21(15(3)4)28(5)20(32)7-2/h13,15-17,21H,6-12,14,24H2,1-5H3,(H,25,33)(H,26,31)(H,27,34). The van der Waals surface area contributed by atoms with Crippen LogP contribution in [0, 0.1) is 5.92 Å². The van der Waals surface area contributed by atoms with Crippen LogP contribution in [0.1, 0.15) is 66.2 Å². The smallest absolute Gasteiger partial charge is 0.243 e. The van der Waals surface area contributed by atoms with Crippen LogP contribution in [0.15, 0.2) is 0 Å². The van der Waals surface area contributed by atoms with Gasteiger partial charge in [0.2, 0.25) is 23.6 Å². The van der Waals surface area contributed by atoms with E-state index in [0.29, 0.717) is 25.7 Å². The lowest BCUT2D eigenvalue weighted by atomic mass is 10.0. The number of carbonyl (C=O) groups is 6. The Morgan fingerprint density at radius 3 is 2.15 bits per heavy atom. The summed E-state index contributed by atoms with van der Waals surface area (Å²) in [6, 6.07) is -2.66. The van der Waals surface area contributed by atoms with E-state index in [9.17, 15) is 28.8 Å². The fourth-order valence-electron chi connectivity index (χ4n) is 3.50. The molecule has 0 rings (SSSR count). The predicted octanol–water partition coefficient (Wildman–Crippen LogP) is -0.338. The summed E-state index contributed by atoms with van der Waals surface area (Å²) in [7, 11) is 1.55. The number of nitrogens with zero attached hydrogens (tertiary/aromatic N) is 1. The maximum absolute atomic E-state index is 13.0. The highest BCUT2D eigenvalue weighted by Crippen LogP contribution is 2.12. The number of likely N-dealkylation sites (N-methyl/N-ethyl adjacent to an activating group) is 1. The van der Waals surface area contributed by atoms with Gasteiger partial charge in [0.05, 0.1) is 12.6 Å². The first-order valence-electron chi connectivity index (χ1n) is 11.8. The molecule has 3 unspecified atom stereocenters. The zero-order chi connectivity index (χ0) is 26.3. The van der Waals surface area contributed by atoms with Crippen molar-refractivity contribution in [3.63, 3.8) is 0 Å². The molecule has 194 valence electrons. The van der Waals surface area contributed by atoms with Crippen LogP contribution in [0.4, 0.5) is 0 Å². The van der Waals surface area contributed by atoms with Crippen molar-refractivity contribution in [3.8, 4) is 0 Å². The van der Waals surface area contributed by atoms with E-state index in [1.807, 2.05) is 6.92 Å². The summed E-state index contributed by atoms with van der Waals surface area (Å²) in [5.41, 5.74) is 5.56. The number of amides is 4. The third-order valence-electron chi connectivity index (χ3n) is 5.32.